The van der Waals surface area contributed by atoms with Crippen LogP contribution in [0.2, 0.25) is 5.02 Å². The van der Waals surface area contributed by atoms with Crippen LogP contribution in [0.15, 0.2) is 47.4 Å². The van der Waals surface area contributed by atoms with Gasteiger partial charge in [-0.25, -0.2) is 8.42 Å². The molecule has 162 valence electrons. The lowest BCUT2D eigenvalue weighted by molar-refractivity contribution is 0.0952. The van der Waals surface area contributed by atoms with Crippen LogP contribution in [0.5, 0.6) is 0 Å². The number of benzene rings is 2. The summed E-state index contributed by atoms with van der Waals surface area (Å²) in [6, 6.07) is 12.4. The zero-order valence-corrected chi connectivity index (χ0v) is 19.0. The Morgan fingerprint density at radius 2 is 1.80 bits per heavy atom. The molecule has 1 fully saturated rings. The minimum atomic E-state index is -3.61. The normalized spacial score (nSPS) is 15.8. The fourth-order valence-electron chi connectivity index (χ4n) is 3.46. The van der Waals surface area contributed by atoms with Crippen LogP contribution in [0, 0.1) is 6.92 Å². The minimum absolute atomic E-state index is 0.166. The van der Waals surface area contributed by atoms with Crippen molar-refractivity contribution in [2.45, 2.75) is 24.7 Å². The molecule has 1 aliphatic rings. The number of hydrogen-bond acceptors (Lipinski definition) is 4. The maximum atomic E-state index is 13.0. The van der Waals surface area contributed by atoms with Crippen molar-refractivity contribution in [2.24, 2.45) is 0 Å². The number of hydrogen-bond donors (Lipinski definition) is 1. The van der Waals surface area contributed by atoms with Crippen molar-refractivity contribution >= 4 is 27.5 Å². The number of carbonyl (C=O) groups is 1. The van der Waals surface area contributed by atoms with Crippen LogP contribution >= 0.6 is 11.6 Å². The lowest BCUT2D eigenvalue weighted by Gasteiger charge is -2.31. The molecule has 0 aromatic heterocycles. The van der Waals surface area contributed by atoms with E-state index in [1.165, 1.54) is 10.4 Å². The van der Waals surface area contributed by atoms with Crippen LogP contribution in [-0.2, 0) is 16.4 Å². The largest absolute Gasteiger partial charge is 0.352 e. The highest BCUT2D eigenvalue weighted by Gasteiger charge is 2.28. The zero-order chi connectivity index (χ0) is 21.7. The van der Waals surface area contributed by atoms with Crippen molar-refractivity contribution in [2.75, 3.05) is 39.8 Å². The molecule has 1 amide bonds. The second-order valence-corrected chi connectivity index (χ2v) is 9.98. The minimum Gasteiger partial charge on any atom is -0.352 e. The van der Waals surface area contributed by atoms with E-state index in [1.54, 1.807) is 12.1 Å². The first-order chi connectivity index (χ1) is 14.3. The summed E-state index contributed by atoms with van der Waals surface area (Å²) in [6.45, 7) is 4.60. The van der Waals surface area contributed by atoms with Crippen LogP contribution in [0.3, 0.4) is 0 Å². The predicted molar refractivity (Wildman–Crippen MR) is 120 cm³/mol. The molecular formula is C22H28ClN3O3S. The number of amides is 1. The molecule has 0 aliphatic carbocycles. The van der Waals surface area contributed by atoms with Gasteiger partial charge in [0.1, 0.15) is 0 Å². The number of sulfonamides is 1. The molecule has 0 radical (unpaired) electrons. The lowest BCUT2D eigenvalue weighted by Crippen LogP contribution is -2.47. The maximum Gasteiger partial charge on any atom is 0.251 e. The second kappa shape index (κ2) is 9.92. The number of nitrogens with one attached hydrogen (secondary N) is 1. The van der Waals surface area contributed by atoms with Crippen molar-refractivity contribution in [1.29, 1.82) is 0 Å². The number of piperazine rings is 1. The summed E-state index contributed by atoms with van der Waals surface area (Å²) in [4.78, 5) is 15.0. The Bertz CT molecular complexity index is 1000. The van der Waals surface area contributed by atoms with Gasteiger partial charge in [0.05, 0.1) is 4.90 Å². The van der Waals surface area contributed by atoms with Gasteiger partial charge in [-0.3, -0.25) is 4.79 Å². The van der Waals surface area contributed by atoms with Gasteiger partial charge in [0, 0.05) is 43.3 Å². The monoisotopic (exact) mass is 449 g/mol. The van der Waals surface area contributed by atoms with Gasteiger partial charge in [-0.05, 0) is 56.1 Å². The van der Waals surface area contributed by atoms with Crippen LogP contribution in [0.1, 0.15) is 27.9 Å². The molecule has 30 heavy (non-hydrogen) atoms. The van der Waals surface area contributed by atoms with E-state index in [4.69, 9.17) is 11.6 Å². The van der Waals surface area contributed by atoms with E-state index in [0.29, 0.717) is 38.3 Å². The summed E-state index contributed by atoms with van der Waals surface area (Å²) >= 11 is 6.16. The van der Waals surface area contributed by atoms with E-state index in [-0.39, 0.29) is 10.8 Å². The van der Waals surface area contributed by atoms with E-state index < -0.39 is 10.0 Å². The van der Waals surface area contributed by atoms with E-state index in [0.717, 1.165) is 29.0 Å². The number of rotatable bonds is 7. The van der Waals surface area contributed by atoms with E-state index in [9.17, 15) is 13.2 Å². The van der Waals surface area contributed by atoms with Crippen LogP contribution in [0.4, 0.5) is 0 Å². The standard InChI is InChI=1S/C22H28ClN3O3S/c1-17-9-10-19(30(28,29)26-14-12-25(2)13-15-26)16-20(17)22(27)24-11-5-7-18-6-3-4-8-21(18)23/h3-4,6,8-10,16H,5,7,11-15H2,1-2H3,(H,24,27). The van der Waals surface area contributed by atoms with Crippen LogP contribution in [-0.4, -0.2) is 63.3 Å². The average molecular weight is 450 g/mol. The molecule has 1 saturated heterocycles. The van der Waals surface area contributed by atoms with Crippen molar-refractivity contribution < 1.29 is 13.2 Å². The van der Waals surface area contributed by atoms with Gasteiger partial charge in [-0.1, -0.05) is 35.9 Å². The van der Waals surface area contributed by atoms with Crippen molar-refractivity contribution in [3.05, 3.63) is 64.2 Å². The van der Waals surface area contributed by atoms with Gasteiger partial charge in [0.15, 0.2) is 0 Å². The van der Waals surface area contributed by atoms with Gasteiger partial charge in [0.25, 0.3) is 5.91 Å². The number of likely N-dealkylation sites (N-methyl/N-ethyl adjacent to an activating group) is 1. The highest BCUT2D eigenvalue weighted by Crippen LogP contribution is 2.21. The molecule has 3 rings (SSSR count). The molecular weight excluding hydrogens is 422 g/mol. The molecule has 8 heteroatoms. The predicted octanol–water partition coefficient (Wildman–Crippen LogP) is 2.95. The van der Waals surface area contributed by atoms with Gasteiger partial charge in [-0.15, -0.1) is 0 Å². The fourth-order valence-corrected chi connectivity index (χ4v) is 5.14. The summed E-state index contributed by atoms with van der Waals surface area (Å²) in [6.07, 6.45) is 1.50. The van der Waals surface area contributed by atoms with Gasteiger partial charge in [0.2, 0.25) is 10.0 Å². The number of aryl methyl sites for hydroxylation is 2. The molecule has 0 atom stereocenters. The Labute approximate surface area is 183 Å². The lowest BCUT2D eigenvalue weighted by atomic mass is 10.1. The maximum absolute atomic E-state index is 13.0. The molecule has 1 N–H and O–H groups in total. The van der Waals surface area contributed by atoms with E-state index in [2.05, 4.69) is 10.2 Å². The molecule has 6 nitrogen and oxygen atoms in total. The van der Waals surface area contributed by atoms with Crippen molar-refractivity contribution in [3.8, 4) is 0 Å². The van der Waals surface area contributed by atoms with Crippen molar-refractivity contribution in [1.82, 2.24) is 14.5 Å². The number of nitrogens with zero attached hydrogens (tertiary/aromatic N) is 2. The Hall–Kier alpha value is -1.93. The molecule has 2 aromatic carbocycles. The first-order valence-corrected chi connectivity index (χ1v) is 11.9. The zero-order valence-electron chi connectivity index (χ0n) is 17.4. The van der Waals surface area contributed by atoms with Gasteiger partial charge in [-0.2, -0.15) is 4.31 Å². The molecule has 1 heterocycles. The highest BCUT2D eigenvalue weighted by molar-refractivity contribution is 7.89. The summed E-state index contributed by atoms with van der Waals surface area (Å²) in [5.41, 5.74) is 2.18. The third-order valence-electron chi connectivity index (χ3n) is 5.42. The summed E-state index contributed by atoms with van der Waals surface area (Å²) < 4.78 is 27.5. The van der Waals surface area contributed by atoms with Gasteiger partial charge < -0.3 is 10.2 Å². The van der Waals surface area contributed by atoms with E-state index >= 15 is 0 Å². The Balaban J connectivity index is 1.64. The average Bonchev–Trinajstić information content (AvgIpc) is 2.72. The summed E-state index contributed by atoms with van der Waals surface area (Å²) in [5.74, 6) is -0.262. The second-order valence-electron chi connectivity index (χ2n) is 7.63. The third-order valence-corrected chi connectivity index (χ3v) is 7.68. The smallest absolute Gasteiger partial charge is 0.251 e. The first-order valence-electron chi connectivity index (χ1n) is 10.1. The van der Waals surface area contributed by atoms with Crippen LogP contribution in [0.25, 0.3) is 0 Å². The number of halogens is 1. The quantitative estimate of drug-likeness (QED) is 0.660. The Morgan fingerprint density at radius 3 is 2.50 bits per heavy atom. The van der Waals surface area contributed by atoms with Gasteiger partial charge >= 0.3 is 0 Å². The highest BCUT2D eigenvalue weighted by atomic mass is 35.5. The SMILES string of the molecule is Cc1ccc(S(=O)(=O)N2CCN(C)CC2)cc1C(=O)NCCCc1ccccc1Cl. The van der Waals surface area contributed by atoms with Crippen LogP contribution < -0.4 is 5.32 Å². The molecule has 1 aliphatic heterocycles. The molecule has 0 spiro atoms. The topological polar surface area (TPSA) is 69.7 Å². The Kier molecular flexibility index (Phi) is 7.52. The van der Waals surface area contributed by atoms with E-state index in [1.807, 2.05) is 38.2 Å². The first kappa shape index (κ1) is 22.7. The summed E-state index contributed by atoms with van der Waals surface area (Å²) in [5, 5.41) is 3.62. The third kappa shape index (κ3) is 5.40. The summed E-state index contributed by atoms with van der Waals surface area (Å²) in [7, 11) is -1.64. The molecule has 0 bridgehead atoms. The molecule has 2 aromatic rings. The fraction of sp³-hybridized carbons (Fsp3) is 0.409. The Morgan fingerprint density at radius 1 is 1.10 bits per heavy atom. The van der Waals surface area contributed by atoms with Crippen molar-refractivity contribution in [3.63, 3.8) is 0 Å². The number of carbonyl (C=O) groups excluding carboxylic acids is 1. The molecule has 0 saturated carbocycles. The molecule has 0 unspecified atom stereocenters.